The molecule has 0 spiro atoms. The van der Waals surface area contributed by atoms with Crippen molar-refractivity contribution < 1.29 is 8.81 Å². The Balaban J connectivity index is 2.33. The molecule has 0 bridgehead atoms. The average molecular weight is 366 g/mol. The van der Waals surface area contributed by atoms with E-state index in [2.05, 4.69) is 0 Å². The van der Waals surface area contributed by atoms with Crippen LogP contribution in [0.3, 0.4) is 0 Å². The first kappa shape index (κ1) is 12.3. The van der Waals surface area contributed by atoms with E-state index in [1.807, 2.05) is 28.7 Å². The van der Waals surface area contributed by atoms with E-state index in [1.54, 1.807) is 30.3 Å². The molecule has 94 valence electrons. The van der Waals surface area contributed by atoms with E-state index in [4.69, 9.17) is 4.42 Å². The minimum atomic E-state index is -0.318. The standard InChI is InChI=1S/C15H8FIO2/c16-10-7-5-9(6-8-10)15-13(17)14(18)11-3-1-2-4-12(11)19-15/h1-8H. The second-order valence-corrected chi connectivity index (χ2v) is 5.16. The van der Waals surface area contributed by atoms with E-state index in [0.29, 0.717) is 25.9 Å². The molecular weight excluding hydrogens is 358 g/mol. The van der Waals surface area contributed by atoms with Crippen molar-refractivity contribution in [1.82, 2.24) is 0 Å². The first-order valence-electron chi connectivity index (χ1n) is 5.64. The fourth-order valence-electron chi connectivity index (χ4n) is 1.91. The smallest absolute Gasteiger partial charge is 0.206 e. The van der Waals surface area contributed by atoms with E-state index in [-0.39, 0.29) is 11.2 Å². The minimum Gasteiger partial charge on any atom is -0.455 e. The van der Waals surface area contributed by atoms with Crippen molar-refractivity contribution in [1.29, 1.82) is 0 Å². The molecule has 0 aliphatic heterocycles. The zero-order chi connectivity index (χ0) is 13.4. The van der Waals surface area contributed by atoms with Crippen molar-refractivity contribution in [2.45, 2.75) is 0 Å². The molecule has 0 aliphatic rings. The van der Waals surface area contributed by atoms with Crippen molar-refractivity contribution in [3.05, 3.63) is 68.1 Å². The maximum Gasteiger partial charge on any atom is 0.206 e. The van der Waals surface area contributed by atoms with Crippen LogP contribution < -0.4 is 5.43 Å². The van der Waals surface area contributed by atoms with Crippen LogP contribution in [0, 0.1) is 9.39 Å². The van der Waals surface area contributed by atoms with Gasteiger partial charge in [-0.1, -0.05) is 12.1 Å². The summed E-state index contributed by atoms with van der Waals surface area (Å²) in [5.41, 5.74) is 1.16. The minimum absolute atomic E-state index is 0.0678. The molecule has 0 atom stereocenters. The molecule has 2 aromatic carbocycles. The lowest BCUT2D eigenvalue weighted by Gasteiger charge is -2.05. The molecule has 2 nitrogen and oxygen atoms in total. The van der Waals surface area contributed by atoms with Gasteiger partial charge in [0.15, 0.2) is 5.76 Å². The number of hydrogen-bond donors (Lipinski definition) is 0. The molecule has 0 amide bonds. The summed E-state index contributed by atoms with van der Waals surface area (Å²) in [5.74, 6) is 0.159. The van der Waals surface area contributed by atoms with Crippen molar-refractivity contribution in [3.63, 3.8) is 0 Å². The van der Waals surface area contributed by atoms with Crippen LogP contribution in [0.5, 0.6) is 0 Å². The number of hydrogen-bond acceptors (Lipinski definition) is 2. The molecule has 0 fully saturated rings. The lowest BCUT2D eigenvalue weighted by molar-refractivity contribution is 0.612. The summed E-state index contributed by atoms with van der Waals surface area (Å²) in [6, 6.07) is 13.0. The van der Waals surface area contributed by atoms with Gasteiger partial charge in [-0.3, -0.25) is 4.79 Å². The number of halogens is 2. The van der Waals surface area contributed by atoms with Gasteiger partial charge in [0.2, 0.25) is 5.43 Å². The molecule has 1 aromatic heterocycles. The Bertz CT molecular complexity index is 806. The number of para-hydroxylation sites is 1. The first-order chi connectivity index (χ1) is 9.16. The van der Waals surface area contributed by atoms with E-state index >= 15 is 0 Å². The zero-order valence-corrected chi connectivity index (χ0v) is 11.8. The molecule has 0 radical (unpaired) electrons. The summed E-state index contributed by atoms with van der Waals surface area (Å²) in [7, 11) is 0. The van der Waals surface area contributed by atoms with Gasteiger partial charge >= 0.3 is 0 Å². The Hall–Kier alpha value is -1.69. The molecule has 0 N–H and O–H groups in total. The Labute approximate surface area is 122 Å². The second-order valence-electron chi connectivity index (χ2n) is 4.08. The lowest BCUT2D eigenvalue weighted by Crippen LogP contribution is -2.07. The van der Waals surface area contributed by atoms with Gasteiger partial charge < -0.3 is 4.42 Å². The molecule has 4 heteroatoms. The maximum absolute atomic E-state index is 12.9. The Kier molecular flexibility index (Phi) is 3.10. The van der Waals surface area contributed by atoms with Crippen molar-refractivity contribution >= 4 is 33.6 Å². The van der Waals surface area contributed by atoms with Gasteiger partial charge in [0.25, 0.3) is 0 Å². The summed E-state index contributed by atoms with van der Waals surface area (Å²) in [6.07, 6.45) is 0. The summed E-state index contributed by atoms with van der Waals surface area (Å²) >= 11 is 1.97. The first-order valence-corrected chi connectivity index (χ1v) is 6.72. The van der Waals surface area contributed by atoms with Crippen molar-refractivity contribution in [3.8, 4) is 11.3 Å². The highest BCUT2D eigenvalue weighted by atomic mass is 127. The molecule has 3 rings (SSSR count). The van der Waals surface area contributed by atoms with Crippen molar-refractivity contribution in [2.24, 2.45) is 0 Å². The van der Waals surface area contributed by atoms with Crippen LogP contribution in [0.25, 0.3) is 22.3 Å². The van der Waals surface area contributed by atoms with E-state index in [1.165, 1.54) is 12.1 Å². The molecule has 0 unspecified atom stereocenters. The summed E-state index contributed by atoms with van der Waals surface area (Å²) in [6.45, 7) is 0. The highest BCUT2D eigenvalue weighted by molar-refractivity contribution is 14.1. The van der Waals surface area contributed by atoms with Crippen LogP contribution in [-0.4, -0.2) is 0 Å². The third-order valence-corrected chi connectivity index (χ3v) is 3.83. The summed E-state index contributed by atoms with van der Waals surface area (Å²) in [5, 5.41) is 0.553. The summed E-state index contributed by atoms with van der Waals surface area (Å²) in [4.78, 5) is 12.2. The van der Waals surface area contributed by atoms with Gasteiger partial charge in [-0.15, -0.1) is 0 Å². The molecule has 3 aromatic rings. The molecule has 0 saturated heterocycles. The van der Waals surface area contributed by atoms with E-state index < -0.39 is 0 Å². The largest absolute Gasteiger partial charge is 0.455 e. The van der Waals surface area contributed by atoms with Crippen LogP contribution in [-0.2, 0) is 0 Å². The van der Waals surface area contributed by atoms with Gasteiger partial charge in [0.1, 0.15) is 15.0 Å². The second kappa shape index (κ2) is 4.77. The number of rotatable bonds is 1. The highest BCUT2D eigenvalue weighted by Crippen LogP contribution is 2.26. The number of benzene rings is 2. The lowest BCUT2D eigenvalue weighted by atomic mass is 10.1. The normalized spacial score (nSPS) is 10.8. The molecule has 19 heavy (non-hydrogen) atoms. The zero-order valence-electron chi connectivity index (χ0n) is 9.69. The third kappa shape index (κ3) is 2.16. The predicted molar refractivity (Wildman–Crippen MR) is 80.6 cm³/mol. The Morgan fingerprint density at radius 2 is 1.68 bits per heavy atom. The van der Waals surface area contributed by atoms with Gasteiger partial charge in [0, 0.05) is 5.56 Å². The van der Waals surface area contributed by atoms with E-state index in [0.717, 1.165) is 0 Å². The van der Waals surface area contributed by atoms with Crippen LogP contribution in [0.1, 0.15) is 0 Å². The molecular formula is C15H8FIO2. The van der Waals surface area contributed by atoms with Crippen LogP contribution in [0.2, 0.25) is 0 Å². The summed E-state index contributed by atoms with van der Waals surface area (Å²) < 4.78 is 19.2. The SMILES string of the molecule is O=c1c(I)c(-c2ccc(F)cc2)oc2ccccc12. The molecule has 0 aliphatic carbocycles. The molecule has 1 heterocycles. The Morgan fingerprint density at radius 1 is 1.00 bits per heavy atom. The van der Waals surface area contributed by atoms with Crippen LogP contribution in [0.15, 0.2) is 57.7 Å². The average Bonchev–Trinajstić information content (AvgIpc) is 2.44. The van der Waals surface area contributed by atoms with Gasteiger partial charge in [0.05, 0.1) is 5.39 Å². The quantitative estimate of drug-likeness (QED) is 0.605. The van der Waals surface area contributed by atoms with Gasteiger partial charge in [-0.05, 0) is 59.0 Å². The fraction of sp³-hybridized carbons (Fsp3) is 0. The van der Waals surface area contributed by atoms with Gasteiger partial charge in [-0.25, -0.2) is 4.39 Å². The maximum atomic E-state index is 12.9. The predicted octanol–water partition coefficient (Wildman–Crippen LogP) is 4.20. The Morgan fingerprint density at radius 3 is 2.42 bits per heavy atom. The van der Waals surface area contributed by atoms with Gasteiger partial charge in [-0.2, -0.15) is 0 Å². The highest BCUT2D eigenvalue weighted by Gasteiger charge is 2.13. The monoisotopic (exact) mass is 366 g/mol. The fourth-order valence-corrected chi connectivity index (χ4v) is 2.62. The van der Waals surface area contributed by atoms with Crippen LogP contribution in [0.4, 0.5) is 4.39 Å². The van der Waals surface area contributed by atoms with Crippen LogP contribution >= 0.6 is 22.6 Å². The number of fused-ring (bicyclic) bond motifs is 1. The van der Waals surface area contributed by atoms with Crippen molar-refractivity contribution in [2.75, 3.05) is 0 Å². The molecule has 0 saturated carbocycles. The topological polar surface area (TPSA) is 30.2 Å². The third-order valence-electron chi connectivity index (χ3n) is 2.85. The van der Waals surface area contributed by atoms with E-state index in [9.17, 15) is 9.18 Å².